The zero-order chi connectivity index (χ0) is 19.9. The van der Waals surface area contributed by atoms with Gasteiger partial charge in [-0.1, -0.05) is 51.2 Å². The van der Waals surface area contributed by atoms with Crippen molar-refractivity contribution in [3.05, 3.63) is 60.5 Å². The maximum Gasteiger partial charge on any atom is 0.228 e. The summed E-state index contributed by atoms with van der Waals surface area (Å²) in [6, 6.07) is 3.64. The SMILES string of the molecule is C=C/C(=C\C=C(/C)CCC(=O)Nc1nnc(-c2ccncc2)[nH]1)C(C)(C)C. The van der Waals surface area contributed by atoms with Gasteiger partial charge in [0, 0.05) is 24.4 Å². The lowest BCUT2D eigenvalue weighted by Gasteiger charge is -2.19. The number of allylic oxidation sites excluding steroid dienone is 5. The van der Waals surface area contributed by atoms with Crippen LogP contribution in [0.5, 0.6) is 0 Å². The van der Waals surface area contributed by atoms with Gasteiger partial charge in [0.05, 0.1) is 0 Å². The molecule has 0 saturated heterocycles. The van der Waals surface area contributed by atoms with Crippen LogP contribution in [0.2, 0.25) is 0 Å². The quantitative estimate of drug-likeness (QED) is 0.697. The summed E-state index contributed by atoms with van der Waals surface area (Å²) < 4.78 is 0. The van der Waals surface area contributed by atoms with Crippen LogP contribution in [-0.2, 0) is 4.79 Å². The molecule has 0 bridgehead atoms. The highest BCUT2D eigenvalue weighted by molar-refractivity contribution is 5.89. The third-order valence-electron chi connectivity index (χ3n) is 4.08. The molecular formula is C21H27N5O. The minimum Gasteiger partial charge on any atom is -0.307 e. The summed E-state index contributed by atoms with van der Waals surface area (Å²) in [6.45, 7) is 12.3. The number of amides is 1. The van der Waals surface area contributed by atoms with Gasteiger partial charge in [-0.2, -0.15) is 0 Å². The Kier molecular flexibility index (Phi) is 6.82. The first-order chi connectivity index (χ1) is 12.8. The van der Waals surface area contributed by atoms with E-state index in [9.17, 15) is 4.79 Å². The summed E-state index contributed by atoms with van der Waals surface area (Å²) >= 11 is 0. The van der Waals surface area contributed by atoms with Gasteiger partial charge in [-0.15, -0.1) is 10.2 Å². The molecule has 6 heteroatoms. The van der Waals surface area contributed by atoms with E-state index in [4.69, 9.17) is 0 Å². The average Bonchev–Trinajstić information content (AvgIpc) is 3.08. The van der Waals surface area contributed by atoms with Crippen molar-refractivity contribution in [1.29, 1.82) is 0 Å². The molecule has 1 amide bonds. The largest absolute Gasteiger partial charge is 0.307 e. The normalized spacial score (nSPS) is 12.7. The first-order valence-corrected chi connectivity index (χ1v) is 8.93. The Morgan fingerprint density at radius 2 is 1.89 bits per heavy atom. The number of nitrogens with zero attached hydrogens (tertiary/aromatic N) is 3. The number of aromatic nitrogens is 4. The van der Waals surface area contributed by atoms with Crippen LogP contribution in [0.15, 0.2) is 60.5 Å². The second-order valence-corrected chi connectivity index (χ2v) is 7.40. The molecule has 0 spiro atoms. The Balaban J connectivity index is 1.89. The first-order valence-electron chi connectivity index (χ1n) is 8.93. The number of aromatic amines is 1. The van der Waals surface area contributed by atoms with E-state index in [-0.39, 0.29) is 11.3 Å². The van der Waals surface area contributed by atoms with Crippen LogP contribution in [-0.4, -0.2) is 26.1 Å². The highest BCUT2D eigenvalue weighted by Gasteiger charge is 2.13. The van der Waals surface area contributed by atoms with E-state index < -0.39 is 0 Å². The molecular weight excluding hydrogens is 338 g/mol. The van der Waals surface area contributed by atoms with Crippen LogP contribution < -0.4 is 5.32 Å². The smallest absolute Gasteiger partial charge is 0.228 e. The Morgan fingerprint density at radius 3 is 2.52 bits per heavy atom. The van der Waals surface area contributed by atoms with Crippen molar-refractivity contribution in [1.82, 2.24) is 20.2 Å². The standard InChI is InChI=1S/C21H27N5O/c1-6-17(21(3,4)5)9-7-15(2)8-10-18(27)23-20-24-19(25-26-20)16-11-13-22-14-12-16/h6-7,9,11-14H,1,8,10H2,2-5H3,(H2,23,24,25,26,27)/b15-7+,17-9+. The Bertz CT molecular complexity index is 841. The third kappa shape index (κ3) is 6.33. The number of hydrogen-bond acceptors (Lipinski definition) is 4. The molecule has 0 aromatic carbocycles. The summed E-state index contributed by atoms with van der Waals surface area (Å²) in [6.07, 6.45) is 10.4. The van der Waals surface area contributed by atoms with Gasteiger partial charge >= 0.3 is 0 Å². The molecule has 0 aliphatic rings. The maximum absolute atomic E-state index is 12.1. The number of anilines is 1. The fraction of sp³-hybridized carbons (Fsp3) is 0.333. The van der Waals surface area contributed by atoms with Crippen molar-refractivity contribution in [3.8, 4) is 11.4 Å². The topological polar surface area (TPSA) is 83.6 Å². The molecule has 2 aromatic rings. The second kappa shape index (κ2) is 9.07. The number of nitrogens with one attached hydrogen (secondary N) is 2. The van der Waals surface area contributed by atoms with Gasteiger partial charge in [-0.3, -0.25) is 15.1 Å². The van der Waals surface area contributed by atoms with Crippen molar-refractivity contribution in [2.24, 2.45) is 5.41 Å². The number of carbonyl (C=O) groups excluding carboxylic acids is 1. The molecule has 0 aliphatic carbocycles. The Hall–Kier alpha value is -3.02. The van der Waals surface area contributed by atoms with Crippen LogP contribution in [0.3, 0.4) is 0 Å². The number of H-pyrrole nitrogens is 1. The van der Waals surface area contributed by atoms with Crippen LogP contribution >= 0.6 is 0 Å². The third-order valence-corrected chi connectivity index (χ3v) is 4.08. The summed E-state index contributed by atoms with van der Waals surface area (Å²) in [5, 5.41) is 10.7. The van der Waals surface area contributed by atoms with Crippen molar-refractivity contribution in [3.63, 3.8) is 0 Å². The number of carbonyl (C=O) groups is 1. The Labute approximate surface area is 160 Å². The van der Waals surface area contributed by atoms with E-state index in [0.717, 1.165) is 16.7 Å². The van der Waals surface area contributed by atoms with E-state index in [1.54, 1.807) is 12.4 Å². The van der Waals surface area contributed by atoms with Crippen LogP contribution in [0.4, 0.5) is 5.95 Å². The van der Waals surface area contributed by atoms with Gasteiger partial charge in [0.2, 0.25) is 11.9 Å². The minimum atomic E-state index is -0.107. The van der Waals surface area contributed by atoms with E-state index in [1.807, 2.05) is 31.2 Å². The lowest BCUT2D eigenvalue weighted by molar-refractivity contribution is -0.116. The van der Waals surface area contributed by atoms with Gasteiger partial charge in [0.25, 0.3) is 0 Å². The molecule has 0 saturated carbocycles. The number of hydrogen-bond donors (Lipinski definition) is 2. The fourth-order valence-corrected chi connectivity index (χ4v) is 2.40. The molecule has 2 rings (SSSR count). The molecule has 0 fully saturated rings. The van der Waals surface area contributed by atoms with Gasteiger partial charge in [-0.05, 0) is 36.5 Å². The molecule has 0 aliphatic heterocycles. The molecule has 0 unspecified atom stereocenters. The molecule has 142 valence electrons. The van der Waals surface area contributed by atoms with Gasteiger partial charge in [0.1, 0.15) is 0 Å². The molecule has 6 nitrogen and oxygen atoms in total. The molecule has 0 radical (unpaired) electrons. The number of rotatable bonds is 7. The van der Waals surface area contributed by atoms with Crippen LogP contribution in [0, 0.1) is 5.41 Å². The van der Waals surface area contributed by atoms with Crippen LogP contribution in [0.25, 0.3) is 11.4 Å². The predicted molar refractivity (Wildman–Crippen MR) is 109 cm³/mol. The van der Waals surface area contributed by atoms with Crippen LogP contribution in [0.1, 0.15) is 40.5 Å². The molecule has 27 heavy (non-hydrogen) atoms. The minimum absolute atomic E-state index is 0.0503. The summed E-state index contributed by atoms with van der Waals surface area (Å²) in [5.41, 5.74) is 3.20. The summed E-state index contributed by atoms with van der Waals surface area (Å²) in [4.78, 5) is 19.1. The monoisotopic (exact) mass is 365 g/mol. The van der Waals surface area contributed by atoms with E-state index in [2.05, 4.69) is 58.9 Å². The predicted octanol–water partition coefficient (Wildman–Crippen LogP) is 4.69. The zero-order valence-corrected chi connectivity index (χ0v) is 16.4. The van der Waals surface area contributed by atoms with E-state index in [0.29, 0.717) is 24.6 Å². The second-order valence-electron chi connectivity index (χ2n) is 7.40. The van der Waals surface area contributed by atoms with Crippen molar-refractivity contribution in [2.45, 2.75) is 40.5 Å². The highest BCUT2D eigenvalue weighted by atomic mass is 16.1. The average molecular weight is 365 g/mol. The number of pyridine rings is 1. The van der Waals surface area contributed by atoms with Crippen molar-refractivity contribution in [2.75, 3.05) is 5.32 Å². The van der Waals surface area contributed by atoms with Gasteiger partial charge in [0.15, 0.2) is 5.82 Å². The van der Waals surface area contributed by atoms with Gasteiger partial charge < -0.3 is 4.98 Å². The maximum atomic E-state index is 12.1. The van der Waals surface area contributed by atoms with Crippen molar-refractivity contribution >= 4 is 11.9 Å². The summed E-state index contributed by atoms with van der Waals surface area (Å²) in [7, 11) is 0. The molecule has 0 atom stereocenters. The van der Waals surface area contributed by atoms with E-state index in [1.165, 1.54) is 0 Å². The first kappa shape index (κ1) is 20.3. The van der Waals surface area contributed by atoms with Gasteiger partial charge in [-0.25, -0.2) is 0 Å². The lowest BCUT2D eigenvalue weighted by atomic mass is 9.86. The lowest BCUT2D eigenvalue weighted by Crippen LogP contribution is -2.12. The van der Waals surface area contributed by atoms with Crippen molar-refractivity contribution < 1.29 is 4.79 Å². The summed E-state index contributed by atoms with van der Waals surface area (Å²) in [5.74, 6) is 0.826. The van der Waals surface area contributed by atoms with E-state index >= 15 is 0 Å². The fourth-order valence-electron chi connectivity index (χ4n) is 2.40. The highest BCUT2D eigenvalue weighted by Crippen LogP contribution is 2.26. The molecule has 2 heterocycles. The zero-order valence-electron chi connectivity index (χ0n) is 16.4. The molecule has 2 N–H and O–H groups in total. The Morgan fingerprint density at radius 1 is 1.19 bits per heavy atom. The molecule has 2 aromatic heterocycles.